The summed E-state index contributed by atoms with van der Waals surface area (Å²) in [5.41, 5.74) is 1.27. The average Bonchev–Trinajstić information content (AvgIpc) is 2.95. The number of hydrogen-bond acceptors (Lipinski definition) is 6. The van der Waals surface area contributed by atoms with Gasteiger partial charge >= 0.3 is 12.1 Å². The Hall–Kier alpha value is -3.65. The molecule has 0 spiro atoms. The molecule has 8 nitrogen and oxygen atoms in total. The van der Waals surface area contributed by atoms with Crippen molar-refractivity contribution in [2.75, 3.05) is 13.7 Å². The summed E-state index contributed by atoms with van der Waals surface area (Å²) in [6.45, 7) is 12.0. The van der Waals surface area contributed by atoms with Crippen molar-refractivity contribution in [1.29, 1.82) is 0 Å². The van der Waals surface area contributed by atoms with Crippen LogP contribution in [0.3, 0.4) is 0 Å². The minimum Gasteiger partial charge on any atom is -0.461 e. The predicted molar refractivity (Wildman–Crippen MR) is 165 cm³/mol. The molecule has 0 unspecified atom stereocenters. The molecule has 1 N–H and O–H groups in total. The first-order valence-corrected chi connectivity index (χ1v) is 14.8. The Balaban J connectivity index is 1.92. The van der Waals surface area contributed by atoms with Crippen LogP contribution < -0.4 is 5.32 Å². The molecule has 0 fully saturated rings. The van der Waals surface area contributed by atoms with Crippen molar-refractivity contribution in [2.45, 2.75) is 96.6 Å². The van der Waals surface area contributed by atoms with Gasteiger partial charge in [0.05, 0.1) is 19.3 Å². The maximum Gasteiger partial charge on any atom is 0.410 e. The largest absolute Gasteiger partial charge is 0.461 e. The van der Waals surface area contributed by atoms with Gasteiger partial charge in [-0.05, 0) is 51.2 Å². The van der Waals surface area contributed by atoms with E-state index in [4.69, 9.17) is 14.2 Å². The first kappa shape index (κ1) is 34.6. The van der Waals surface area contributed by atoms with Gasteiger partial charge < -0.3 is 19.5 Å². The summed E-state index contributed by atoms with van der Waals surface area (Å²) in [6.07, 6.45) is 3.83. The van der Waals surface area contributed by atoms with Crippen molar-refractivity contribution in [2.24, 2.45) is 0 Å². The Bertz CT molecular complexity index is 1100. The zero-order valence-electron chi connectivity index (χ0n) is 25.8. The molecular weight excluding hydrogens is 532 g/mol. The van der Waals surface area contributed by atoms with E-state index in [1.165, 1.54) is 4.90 Å². The normalized spacial score (nSPS) is 13.4. The Labute approximate surface area is 251 Å². The molecule has 0 bridgehead atoms. The van der Waals surface area contributed by atoms with Gasteiger partial charge in [-0.1, -0.05) is 80.1 Å². The minimum absolute atomic E-state index is 0.114. The number of nitrogens with zero attached hydrogens (tertiary/aromatic N) is 1. The van der Waals surface area contributed by atoms with Crippen LogP contribution in [0.25, 0.3) is 0 Å². The lowest BCUT2D eigenvalue weighted by Crippen LogP contribution is -2.47. The fraction of sp³-hybridized carbons (Fsp3) is 0.500. The molecule has 0 saturated heterocycles. The van der Waals surface area contributed by atoms with E-state index < -0.39 is 23.7 Å². The highest BCUT2D eigenvalue weighted by Gasteiger charge is 2.33. The molecule has 0 aliphatic heterocycles. The van der Waals surface area contributed by atoms with Crippen LogP contribution in [-0.2, 0) is 36.8 Å². The highest BCUT2D eigenvalue weighted by atomic mass is 16.6. The quantitative estimate of drug-likeness (QED) is 0.176. The molecule has 0 aliphatic carbocycles. The molecular formula is C34H48N2O6. The number of carbonyl (C=O) groups excluding carboxylic acids is 3. The molecule has 0 heterocycles. The molecule has 2 aromatic rings. The summed E-state index contributed by atoms with van der Waals surface area (Å²) < 4.78 is 17.2. The number of amides is 2. The molecule has 2 aromatic carbocycles. The molecule has 3 atom stereocenters. The van der Waals surface area contributed by atoms with Crippen LogP contribution in [0, 0.1) is 0 Å². The summed E-state index contributed by atoms with van der Waals surface area (Å²) in [7, 11) is 1.56. The van der Waals surface area contributed by atoms with Crippen molar-refractivity contribution in [3.63, 3.8) is 0 Å². The van der Waals surface area contributed by atoms with Gasteiger partial charge in [-0.2, -0.15) is 0 Å². The Morgan fingerprint density at radius 3 is 2.17 bits per heavy atom. The average molecular weight is 581 g/mol. The van der Waals surface area contributed by atoms with E-state index in [9.17, 15) is 14.4 Å². The SMILES string of the molecule is C=C[C@H](COCc1ccccc1)NC(=O)CCC[C@H](CCC)OC(=O)[C@H](Cc1ccccc1)N(C)C(=O)OC(C)(C)C. The van der Waals surface area contributed by atoms with Crippen LogP contribution in [-0.4, -0.2) is 60.3 Å². The number of likely N-dealkylation sites (N-methyl/N-ethyl adjacent to an activating group) is 1. The van der Waals surface area contributed by atoms with E-state index >= 15 is 0 Å². The van der Waals surface area contributed by atoms with Crippen LogP contribution in [0.2, 0.25) is 0 Å². The molecule has 8 heteroatoms. The lowest BCUT2D eigenvalue weighted by molar-refractivity contribution is -0.155. The summed E-state index contributed by atoms with van der Waals surface area (Å²) >= 11 is 0. The van der Waals surface area contributed by atoms with Gasteiger partial charge in [0.1, 0.15) is 17.7 Å². The monoisotopic (exact) mass is 580 g/mol. The predicted octanol–water partition coefficient (Wildman–Crippen LogP) is 6.23. The Morgan fingerprint density at radius 2 is 1.60 bits per heavy atom. The zero-order chi connectivity index (χ0) is 31.0. The molecule has 2 amide bonds. The lowest BCUT2D eigenvalue weighted by Gasteiger charge is -2.31. The first-order chi connectivity index (χ1) is 20.0. The number of rotatable bonds is 17. The van der Waals surface area contributed by atoms with Crippen molar-refractivity contribution < 1.29 is 28.6 Å². The molecule has 0 radical (unpaired) electrons. The molecule has 230 valence electrons. The third-order valence-electron chi connectivity index (χ3n) is 6.56. The summed E-state index contributed by atoms with van der Waals surface area (Å²) in [4.78, 5) is 40.2. The smallest absolute Gasteiger partial charge is 0.410 e. The van der Waals surface area contributed by atoms with E-state index in [0.717, 1.165) is 17.5 Å². The van der Waals surface area contributed by atoms with Gasteiger partial charge in [-0.25, -0.2) is 9.59 Å². The topological polar surface area (TPSA) is 94.2 Å². The summed E-state index contributed by atoms with van der Waals surface area (Å²) in [6, 6.07) is 18.2. The van der Waals surface area contributed by atoms with Gasteiger partial charge in [-0.3, -0.25) is 9.69 Å². The Kier molecular flexibility index (Phi) is 14.8. The maximum atomic E-state index is 13.5. The van der Waals surface area contributed by atoms with E-state index in [1.54, 1.807) is 33.9 Å². The third kappa shape index (κ3) is 13.3. The number of benzene rings is 2. The van der Waals surface area contributed by atoms with Crippen molar-refractivity contribution in [3.8, 4) is 0 Å². The van der Waals surface area contributed by atoms with E-state index in [2.05, 4.69) is 11.9 Å². The summed E-state index contributed by atoms with van der Waals surface area (Å²) in [5, 5.41) is 2.94. The second kappa shape index (κ2) is 18.0. The van der Waals surface area contributed by atoms with Crippen LogP contribution in [0.5, 0.6) is 0 Å². The highest BCUT2D eigenvalue weighted by molar-refractivity contribution is 5.82. The lowest BCUT2D eigenvalue weighted by atomic mass is 10.0. The van der Waals surface area contributed by atoms with Crippen LogP contribution in [0.1, 0.15) is 70.9 Å². The summed E-state index contributed by atoms with van der Waals surface area (Å²) in [5.74, 6) is -0.603. The van der Waals surface area contributed by atoms with Crippen molar-refractivity contribution >= 4 is 18.0 Å². The van der Waals surface area contributed by atoms with Gasteiger partial charge in [0, 0.05) is 19.9 Å². The number of ether oxygens (including phenoxy) is 3. The standard InChI is InChI=1S/C34H48N2O6/c1-7-16-29(21-15-22-31(37)35-28(8-2)25-40-24-27-19-13-10-14-20-27)41-32(38)30(23-26-17-11-9-12-18-26)36(6)33(39)42-34(3,4)5/h8-14,17-20,28-30H,2,7,15-16,21-25H2,1,3-6H3,(H,35,37)/t28-,29+,30+/m1/s1. The third-order valence-corrected chi connectivity index (χ3v) is 6.56. The number of hydrogen-bond donors (Lipinski definition) is 1. The fourth-order valence-corrected chi connectivity index (χ4v) is 4.32. The molecule has 0 saturated carbocycles. The van der Waals surface area contributed by atoms with E-state index in [-0.39, 0.29) is 24.5 Å². The number of carbonyl (C=O) groups is 3. The van der Waals surface area contributed by atoms with E-state index in [1.807, 2.05) is 67.6 Å². The zero-order valence-corrected chi connectivity index (χ0v) is 25.8. The molecule has 0 aromatic heterocycles. The van der Waals surface area contributed by atoms with Crippen molar-refractivity contribution in [1.82, 2.24) is 10.2 Å². The fourth-order valence-electron chi connectivity index (χ4n) is 4.32. The van der Waals surface area contributed by atoms with Crippen LogP contribution in [0.4, 0.5) is 4.79 Å². The van der Waals surface area contributed by atoms with Gasteiger partial charge in [0.25, 0.3) is 0 Å². The van der Waals surface area contributed by atoms with Crippen LogP contribution in [0.15, 0.2) is 73.3 Å². The van der Waals surface area contributed by atoms with Gasteiger partial charge in [0.2, 0.25) is 5.91 Å². The van der Waals surface area contributed by atoms with Gasteiger partial charge in [0.15, 0.2) is 0 Å². The number of nitrogens with one attached hydrogen (secondary N) is 1. The Morgan fingerprint density at radius 1 is 0.976 bits per heavy atom. The molecule has 2 rings (SSSR count). The van der Waals surface area contributed by atoms with Crippen LogP contribution >= 0.6 is 0 Å². The van der Waals surface area contributed by atoms with Gasteiger partial charge in [-0.15, -0.1) is 6.58 Å². The first-order valence-electron chi connectivity index (χ1n) is 14.8. The molecule has 42 heavy (non-hydrogen) atoms. The van der Waals surface area contributed by atoms with Crippen molar-refractivity contribution in [3.05, 3.63) is 84.4 Å². The molecule has 0 aliphatic rings. The second-order valence-electron chi connectivity index (χ2n) is 11.4. The maximum absolute atomic E-state index is 13.5. The minimum atomic E-state index is -0.853. The second-order valence-corrected chi connectivity index (χ2v) is 11.4. The number of esters is 1. The van der Waals surface area contributed by atoms with E-state index in [0.29, 0.717) is 38.9 Å². The highest BCUT2D eigenvalue weighted by Crippen LogP contribution is 2.18.